The fourth-order valence-electron chi connectivity index (χ4n) is 1.93. The zero-order chi connectivity index (χ0) is 14.5. The van der Waals surface area contributed by atoms with Crippen molar-refractivity contribution in [3.63, 3.8) is 0 Å². The molecule has 0 saturated carbocycles. The van der Waals surface area contributed by atoms with Gasteiger partial charge in [0.05, 0.1) is 13.2 Å². The van der Waals surface area contributed by atoms with Crippen LogP contribution in [0.15, 0.2) is 35.1 Å². The van der Waals surface area contributed by atoms with Gasteiger partial charge in [0.15, 0.2) is 0 Å². The zero-order valence-electron chi connectivity index (χ0n) is 11.4. The van der Waals surface area contributed by atoms with Crippen molar-refractivity contribution >= 4 is 15.9 Å². The van der Waals surface area contributed by atoms with Crippen molar-refractivity contribution in [2.45, 2.75) is 19.4 Å². The Kier molecular flexibility index (Phi) is 5.05. The van der Waals surface area contributed by atoms with Gasteiger partial charge in [0, 0.05) is 16.9 Å². The van der Waals surface area contributed by atoms with Crippen molar-refractivity contribution < 1.29 is 4.74 Å². The SMILES string of the molecule is COc1ccc(Br)cc1CC(NN)c1ncc(C)cn1. The number of benzene rings is 1. The molecule has 1 atom stereocenters. The number of halogens is 1. The first-order valence-electron chi connectivity index (χ1n) is 6.21. The number of hydrogen-bond acceptors (Lipinski definition) is 5. The van der Waals surface area contributed by atoms with E-state index in [0.717, 1.165) is 21.3 Å². The smallest absolute Gasteiger partial charge is 0.146 e. The van der Waals surface area contributed by atoms with Gasteiger partial charge in [-0.3, -0.25) is 5.84 Å². The van der Waals surface area contributed by atoms with Crippen molar-refractivity contribution in [1.29, 1.82) is 0 Å². The quantitative estimate of drug-likeness (QED) is 0.647. The molecule has 0 saturated heterocycles. The standard InChI is InChI=1S/C14H17BrN4O/c1-9-7-17-14(18-8-9)12(19-16)6-10-5-11(15)3-4-13(10)20-2/h3-5,7-8,12,19H,6,16H2,1-2H3. The molecule has 1 unspecified atom stereocenters. The third-order valence-corrected chi connectivity index (χ3v) is 3.47. The van der Waals surface area contributed by atoms with Gasteiger partial charge in [-0.05, 0) is 42.7 Å². The Bertz CT molecular complexity index is 574. The second kappa shape index (κ2) is 6.78. The molecule has 1 heterocycles. The third-order valence-electron chi connectivity index (χ3n) is 2.98. The average molecular weight is 337 g/mol. The minimum atomic E-state index is -0.168. The molecule has 2 aromatic rings. The number of nitrogens with zero attached hydrogens (tertiary/aromatic N) is 2. The molecule has 0 aliphatic heterocycles. The minimum absolute atomic E-state index is 0.168. The lowest BCUT2D eigenvalue weighted by Crippen LogP contribution is -2.31. The molecule has 0 amide bonds. The summed E-state index contributed by atoms with van der Waals surface area (Å²) in [6, 6.07) is 5.70. The first-order valence-corrected chi connectivity index (χ1v) is 7.00. The van der Waals surface area contributed by atoms with E-state index < -0.39 is 0 Å². The number of ether oxygens (including phenoxy) is 1. The van der Waals surface area contributed by atoms with E-state index in [1.54, 1.807) is 19.5 Å². The highest BCUT2D eigenvalue weighted by molar-refractivity contribution is 9.10. The normalized spacial score (nSPS) is 12.2. The molecule has 0 bridgehead atoms. The maximum atomic E-state index is 5.64. The molecule has 0 fully saturated rings. The van der Waals surface area contributed by atoms with Gasteiger partial charge in [-0.1, -0.05) is 15.9 Å². The van der Waals surface area contributed by atoms with E-state index in [9.17, 15) is 0 Å². The van der Waals surface area contributed by atoms with Gasteiger partial charge >= 0.3 is 0 Å². The summed E-state index contributed by atoms with van der Waals surface area (Å²) in [7, 11) is 1.65. The number of nitrogens with one attached hydrogen (secondary N) is 1. The number of aromatic nitrogens is 2. The number of methoxy groups -OCH3 is 1. The predicted molar refractivity (Wildman–Crippen MR) is 81.2 cm³/mol. The lowest BCUT2D eigenvalue weighted by Gasteiger charge is -2.16. The average Bonchev–Trinajstić information content (AvgIpc) is 2.46. The molecule has 2 rings (SSSR count). The van der Waals surface area contributed by atoms with Gasteiger partial charge < -0.3 is 4.74 Å². The molecule has 0 radical (unpaired) electrons. The van der Waals surface area contributed by atoms with Crippen molar-refractivity contribution in [3.05, 3.63) is 52.0 Å². The van der Waals surface area contributed by atoms with E-state index in [1.165, 1.54) is 0 Å². The predicted octanol–water partition coefficient (Wildman–Crippen LogP) is 2.30. The summed E-state index contributed by atoms with van der Waals surface area (Å²) in [4.78, 5) is 8.63. The van der Waals surface area contributed by atoms with Crippen LogP contribution in [-0.4, -0.2) is 17.1 Å². The second-order valence-electron chi connectivity index (χ2n) is 4.50. The summed E-state index contributed by atoms with van der Waals surface area (Å²) >= 11 is 3.46. The highest BCUT2D eigenvalue weighted by Crippen LogP contribution is 2.26. The molecule has 0 aliphatic carbocycles. The van der Waals surface area contributed by atoms with Gasteiger partial charge in [-0.25, -0.2) is 15.4 Å². The molecule has 106 valence electrons. The highest BCUT2D eigenvalue weighted by atomic mass is 79.9. The van der Waals surface area contributed by atoms with Gasteiger partial charge in [0.25, 0.3) is 0 Å². The first kappa shape index (κ1) is 14.9. The van der Waals surface area contributed by atoms with Crippen LogP contribution in [0.1, 0.15) is 23.0 Å². The number of rotatable bonds is 5. The maximum Gasteiger partial charge on any atom is 0.146 e. The van der Waals surface area contributed by atoms with Gasteiger partial charge in [0.2, 0.25) is 0 Å². The topological polar surface area (TPSA) is 73.1 Å². The molecule has 0 aliphatic rings. The monoisotopic (exact) mass is 336 g/mol. The molecular weight excluding hydrogens is 320 g/mol. The van der Waals surface area contributed by atoms with Gasteiger partial charge in [0.1, 0.15) is 11.6 Å². The number of nitrogens with two attached hydrogens (primary N) is 1. The maximum absolute atomic E-state index is 5.64. The van der Waals surface area contributed by atoms with Crippen molar-refractivity contribution in [2.24, 2.45) is 5.84 Å². The molecule has 1 aromatic heterocycles. The van der Waals surface area contributed by atoms with Gasteiger partial charge in [-0.2, -0.15) is 0 Å². The van der Waals surface area contributed by atoms with Crippen LogP contribution < -0.4 is 16.0 Å². The second-order valence-corrected chi connectivity index (χ2v) is 5.41. The Hall–Kier alpha value is -1.50. The molecule has 0 spiro atoms. The lowest BCUT2D eigenvalue weighted by molar-refractivity contribution is 0.404. The fraction of sp³-hybridized carbons (Fsp3) is 0.286. The summed E-state index contributed by atoms with van der Waals surface area (Å²) < 4.78 is 6.36. The number of hydrazine groups is 1. The lowest BCUT2D eigenvalue weighted by atomic mass is 10.0. The van der Waals surface area contributed by atoms with E-state index in [1.807, 2.05) is 25.1 Å². The number of aryl methyl sites for hydroxylation is 1. The Balaban J connectivity index is 2.26. The Morgan fingerprint density at radius 2 is 2.05 bits per heavy atom. The van der Waals surface area contributed by atoms with Crippen LogP contribution in [0.4, 0.5) is 0 Å². The summed E-state index contributed by atoms with van der Waals surface area (Å²) in [5.41, 5.74) is 4.82. The molecule has 1 aromatic carbocycles. The van der Waals surface area contributed by atoms with E-state index in [0.29, 0.717) is 12.2 Å². The van der Waals surface area contributed by atoms with Crippen LogP contribution in [0, 0.1) is 6.92 Å². The van der Waals surface area contributed by atoms with Crippen LogP contribution in [0.2, 0.25) is 0 Å². The minimum Gasteiger partial charge on any atom is -0.496 e. The first-order chi connectivity index (χ1) is 9.63. The van der Waals surface area contributed by atoms with Gasteiger partial charge in [-0.15, -0.1) is 0 Å². The van der Waals surface area contributed by atoms with Crippen molar-refractivity contribution in [2.75, 3.05) is 7.11 Å². The molecule has 5 nitrogen and oxygen atoms in total. The van der Waals surface area contributed by atoms with Crippen LogP contribution in [0.3, 0.4) is 0 Å². The summed E-state index contributed by atoms with van der Waals surface area (Å²) in [6.07, 6.45) is 4.21. The summed E-state index contributed by atoms with van der Waals surface area (Å²) in [5, 5.41) is 0. The zero-order valence-corrected chi connectivity index (χ0v) is 13.0. The molecule has 20 heavy (non-hydrogen) atoms. The Morgan fingerprint density at radius 3 is 2.65 bits per heavy atom. The molecule has 3 N–H and O–H groups in total. The molecular formula is C14H17BrN4O. The Labute approximate surface area is 126 Å². The fourth-order valence-corrected chi connectivity index (χ4v) is 2.34. The van der Waals surface area contributed by atoms with Crippen molar-refractivity contribution in [3.8, 4) is 5.75 Å². The van der Waals surface area contributed by atoms with E-state index in [-0.39, 0.29) is 6.04 Å². The Morgan fingerprint density at radius 1 is 1.35 bits per heavy atom. The number of hydrogen-bond donors (Lipinski definition) is 2. The van der Waals surface area contributed by atoms with E-state index >= 15 is 0 Å². The van der Waals surface area contributed by atoms with Crippen LogP contribution in [0.25, 0.3) is 0 Å². The van der Waals surface area contributed by atoms with Crippen LogP contribution >= 0.6 is 15.9 Å². The third kappa shape index (κ3) is 3.53. The highest BCUT2D eigenvalue weighted by Gasteiger charge is 2.16. The summed E-state index contributed by atoms with van der Waals surface area (Å²) in [5.74, 6) is 7.12. The van der Waals surface area contributed by atoms with E-state index in [2.05, 4.69) is 31.3 Å². The summed E-state index contributed by atoms with van der Waals surface area (Å²) in [6.45, 7) is 1.95. The van der Waals surface area contributed by atoms with Crippen LogP contribution in [0.5, 0.6) is 5.75 Å². The van der Waals surface area contributed by atoms with E-state index in [4.69, 9.17) is 10.6 Å². The van der Waals surface area contributed by atoms with Crippen molar-refractivity contribution in [1.82, 2.24) is 15.4 Å². The largest absolute Gasteiger partial charge is 0.496 e. The van der Waals surface area contributed by atoms with Crippen LogP contribution in [-0.2, 0) is 6.42 Å². The molecule has 6 heteroatoms.